The summed E-state index contributed by atoms with van der Waals surface area (Å²) in [6, 6.07) is 7.27. The Labute approximate surface area is 114 Å². The van der Waals surface area contributed by atoms with Crippen molar-refractivity contribution in [1.29, 1.82) is 0 Å². The lowest BCUT2D eigenvalue weighted by Gasteiger charge is -2.21. The third kappa shape index (κ3) is 4.47. The average Bonchev–Trinajstić information content (AvgIpc) is 2.44. The van der Waals surface area contributed by atoms with Gasteiger partial charge in [0.15, 0.2) is 0 Å². The van der Waals surface area contributed by atoms with E-state index in [4.69, 9.17) is 4.74 Å². The zero-order valence-electron chi connectivity index (χ0n) is 11.0. The fourth-order valence-corrected chi connectivity index (χ4v) is 1.62. The lowest BCUT2D eigenvalue weighted by atomic mass is 10.2. The minimum Gasteiger partial charge on any atom is -0.458 e. The summed E-state index contributed by atoms with van der Waals surface area (Å²) in [7, 11) is 0. The molecule has 3 heteroatoms. The summed E-state index contributed by atoms with van der Waals surface area (Å²) in [5.41, 5.74) is 1.54. The first kappa shape index (κ1) is 14.8. The van der Waals surface area contributed by atoms with Crippen LogP contribution in [-0.4, -0.2) is 25.7 Å². The Morgan fingerprint density at radius 3 is 2.11 bits per heavy atom. The number of benzene rings is 1. The van der Waals surface area contributed by atoms with Gasteiger partial charge in [0, 0.05) is 18.8 Å². The number of hydrogen-bond acceptors (Lipinski definition) is 3. The highest BCUT2D eigenvalue weighted by atomic mass is 16.5. The molecule has 1 aromatic carbocycles. The fraction of sp³-hybridized carbons (Fsp3) is 0.188. The second kappa shape index (κ2) is 7.93. The molecular formula is C16H19NO2. The average molecular weight is 257 g/mol. The number of rotatable bonds is 8. The highest BCUT2D eigenvalue weighted by Crippen LogP contribution is 2.16. The van der Waals surface area contributed by atoms with Gasteiger partial charge in [0.25, 0.3) is 0 Å². The number of anilines is 1. The number of carbonyl (C=O) groups excluding carboxylic acids is 1. The predicted octanol–water partition coefficient (Wildman–Crippen LogP) is 3.21. The van der Waals surface area contributed by atoms with Crippen molar-refractivity contribution in [1.82, 2.24) is 0 Å². The van der Waals surface area contributed by atoms with Gasteiger partial charge >= 0.3 is 5.97 Å². The molecule has 100 valence electrons. The molecule has 19 heavy (non-hydrogen) atoms. The lowest BCUT2D eigenvalue weighted by Crippen LogP contribution is -2.23. The van der Waals surface area contributed by atoms with E-state index in [1.165, 1.54) is 0 Å². The molecule has 0 spiro atoms. The van der Waals surface area contributed by atoms with Crippen LogP contribution in [0.5, 0.6) is 0 Å². The van der Waals surface area contributed by atoms with Gasteiger partial charge in [-0.25, -0.2) is 4.79 Å². The number of carbonyl (C=O) groups is 1. The standard InChI is InChI=1S/C16H19NO2/c1-4-11-17(12-5-2)15-9-7-14(8-10-15)16(18)19-13-6-3/h4-10H,1-3,11-13H2. The monoisotopic (exact) mass is 257 g/mol. The number of nitrogens with zero attached hydrogens (tertiary/aromatic N) is 1. The zero-order valence-corrected chi connectivity index (χ0v) is 11.0. The maximum absolute atomic E-state index is 11.6. The van der Waals surface area contributed by atoms with E-state index in [0.29, 0.717) is 5.56 Å². The third-order valence-corrected chi connectivity index (χ3v) is 2.50. The second-order valence-electron chi connectivity index (χ2n) is 3.92. The minimum absolute atomic E-state index is 0.222. The molecule has 0 radical (unpaired) electrons. The van der Waals surface area contributed by atoms with E-state index in [-0.39, 0.29) is 12.6 Å². The van der Waals surface area contributed by atoms with Gasteiger partial charge in [-0.3, -0.25) is 0 Å². The summed E-state index contributed by atoms with van der Waals surface area (Å²) in [5.74, 6) is -0.342. The highest BCUT2D eigenvalue weighted by molar-refractivity contribution is 5.89. The Balaban J connectivity index is 2.78. The summed E-state index contributed by atoms with van der Waals surface area (Å²) in [6.45, 7) is 12.6. The van der Waals surface area contributed by atoms with Crippen LogP contribution in [0.1, 0.15) is 10.4 Å². The van der Waals surface area contributed by atoms with Crippen LogP contribution in [0.2, 0.25) is 0 Å². The fourth-order valence-electron chi connectivity index (χ4n) is 1.62. The van der Waals surface area contributed by atoms with Gasteiger partial charge < -0.3 is 9.64 Å². The van der Waals surface area contributed by atoms with Crippen molar-refractivity contribution in [3.63, 3.8) is 0 Å². The molecule has 0 unspecified atom stereocenters. The molecule has 1 aromatic rings. The van der Waals surface area contributed by atoms with Gasteiger partial charge in [-0.15, -0.1) is 13.2 Å². The molecule has 0 saturated carbocycles. The minimum atomic E-state index is -0.342. The van der Waals surface area contributed by atoms with E-state index in [2.05, 4.69) is 24.6 Å². The SMILES string of the molecule is C=CCOC(=O)c1ccc(N(CC=C)CC=C)cc1. The molecule has 0 aliphatic heterocycles. The first-order chi connectivity index (χ1) is 9.22. The van der Waals surface area contributed by atoms with Gasteiger partial charge in [-0.2, -0.15) is 0 Å². The molecule has 0 N–H and O–H groups in total. The van der Waals surface area contributed by atoms with Crippen molar-refractivity contribution >= 4 is 11.7 Å². The normalized spacial score (nSPS) is 9.47. The first-order valence-corrected chi connectivity index (χ1v) is 6.07. The van der Waals surface area contributed by atoms with Crippen molar-refractivity contribution in [3.05, 3.63) is 67.8 Å². The van der Waals surface area contributed by atoms with E-state index in [1.807, 2.05) is 24.3 Å². The number of hydrogen-bond donors (Lipinski definition) is 0. The van der Waals surface area contributed by atoms with Crippen molar-refractivity contribution in [3.8, 4) is 0 Å². The van der Waals surface area contributed by atoms with Crippen molar-refractivity contribution in [2.75, 3.05) is 24.6 Å². The van der Waals surface area contributed by atoms with Crippen LogP contribution >= 0.6 is 0 Å². The maximum Gasteiger partial charge on any atom is 0.338 e. The maximum atomic E-state index is 11.6. The number of ether oxygens (including phenoxy) is 1. The Bertz CT molecular complexity index is 438. The van der Waals surface area contributed by atoms with E-state index < -0.39 is 0 Å². The van der Waals surface area contributed by atoms with Crippen LogP contribution in [0.25, 0.3) is 0 Å². The molecule has 0 aliphatic rings. The third-order valence-electron chi connectivity index (χ3n) is 2.50. The Morgan fingerprint density at radius 2 is 1.63 bits per heavy atom. The molecule has 0 bridgehead atoms. The van der Waals surface area contributed by atoms with Gasteiger partial charge in [-0.1, -0.05) is 24.8 Å². The lowest BCUT2D eigenvalue weighted by molar-refractivity contribution is 0.0550. The highest BCUT2D eigenvalue weighted by Gasteiger charge is 2.08. The van der Waals surface area contributed by atoms with Crippen LogP contribution in [0.3, 0.4) is 0 Å². The van der Waals surface area contributed by atoms with Crippen LogP contribution in [0.15, 0.2) is 62.2 Å². The molecule has 0 atom stereocenters. The molecule has 0 aromatic heterocycles. The number of esters is 1. The second-order valence-corrected chi connectivity index (χ2v) is 3.92. The molecule has 0 saturated heterocycles. The Hall–Kier alpha value is -2.29. The molecule has 0 heterocycles. The van der Waals surface area contributed by atoms with Crippen LogP contribution in [-0.2, 0) is 4.74 Å². The summed E-state index contributed by atoms with van der Waals surface area (Å²) < 4.78 is 4.97. The largest absolute Gasteiger partial charge is 0.458 e. The van der Waals surface area contributed by atoms with Crippen molar-refractivity contribution in [2.45, 2.75) is 0 Å². The molecule has 3 nitrogen and oxygen atoms in total. The van der Waals surface area contributed by atoms with Crippen LogP contribution < -0.4 is 4.90 Å². The van der Waals surface area contributed by atoms with Crippen LogP contribution in [0.4, 0.5) is 5.69 Å². The van der Waals surface area contributed by atoms with Gasteiger partial charge in [0.2, 0.25) is 0 Å². The zero-order chi connectivity index (χ0) is 14.1. The van der Waals surface area contributed by atoms with E-state index >= 15 is 0 Å². The predicted molar refractivity (Wildman–Crippen MR) is 79.5 cm³/mol. The van der Waals surface area contributed by atoms with E-state index in [0.717, 1.165) is 18.8 Å². The van der Waals surface area contributed by atoms with Crippen molar-refractivity contribution in [2.24, 2.45) is 0 Å². The van der Waals surface area contributed by atoms with E-state index in [1.54, 1.807) is 18.2 Å². The summed E-state index contributed by atoms with van der Waals surface area (Å²) in [6.07, 6.45) is 5.20. The molecule has 0 aliphatic carbocycles. The Kier molecular flexibility index (Phi) is 6.16. The summed E-state index contributed by atoms with van der Waals surface area (Å²) >= 11 is 0. The summed E-state index contributed by atoms with van der Waals surface area (Å²) in [5, 5.41) is 0. The van der Waals surface area contributed by atoms with Gasteiger partial charge in [0.1, 0.15) is 6.61 Å². The van der Waals surface area contributed by atoms with E-state index in [9.17, 15) is 4.79 Å². The van der Waals surface area contributed by atoms with Gasteiger partial charge in [0.05, 0.1) is 5.56 Å². The molecule has 1 rings (SSSR count). The van der Waals surface area contributed by atoms with Gasteiger partial charge in [-0.05, 0) is 24.3 Å². The molecule has 0 fully saturated rings. The summed E-state index contributed by atoms with van der Waals surface area (Å²) in [4.78, 5) is 13.7. The topological polar surface area (TPSA) is 29.5 Å². The van der Waals surface area contributed by atoms with Crippen LogP contribution in [0, 0.1) is 0 Å². The smallest absolute Gasteiger partial charge is 0.338 e. The molecular weight excluding hydrogens is 238 g/mol. The molecule has 0 amide bonds. The first-order valence-electron chi connectivity index (χ1n) is 6.07. The van der Waals surface area contributed by atoms with Crippen molar-refractivity contribution < 1.29 is 9.53 Å². The Morgan fingerprint density at radius 1 is 1.05 bits per heavy atom. The quantitative estimate of drug-likeness (QED) is 0.529.